The van der Waals surface area contributed by atoms with E-state index in [1.165, 1.54) is 12.2 Å². The number of carbonyl (C=O) groups excluding carboxylic acids is 2. The molecule has 0 unspecified atom stereocenters. The number of rotatable bonds is 1. The number of hydrogen-bond acceptors (Lipinski definition) is 3. The molecule has 3 rings (SSSR count). The minimum Gasteiger partial charge on any atom is -0.370 e. The Morgan fingerprint density at radius 1 is 1.22 bits per heavy atom. The van der Waals surface area contributed by atoms with E-state index in [9.17, 15) is 14.7 Å². The van der Waals surface area contributed by atoms with Crippen LogP contribution in [0, 0.1) is 16.7 Å². The first-order valence-electron chi connectivity index (χ1n) is 6.53. The maximum Gasteiger partial charge on any atom is 0.256 e. The quantitative estimate of drug-likeness (QED) is 0.715. The van der Waals surface area contributed by atoms with Gasteiger partial charge in [-0.2, -0.15) is 0 Å². The highest BCUT2D eigenvalue weighted by molar-refractivity contribution is 6.13. The van der Waals surface area contributed by atoms with Gasteiger partial charge in [-0.1, -0.05) is 20.8 Å². The molecule has 98 valence electrons. The number of fused-ring (bicyclic) bond motifs is 2. The zero-order valence-corrected chi connectivity index (χ0v) is 11.1. The largest absolute Gasteiger partial charge is 0.370 e. The third kappa shape index (κ3) is 1.02. The van der Waals surface area contributed by atoms with Gasteiger partial charge in [0.15, 0.2) is 5.72 Å². The highest BCUT2D eigenvalue weighted by atomic mass is 16.3. The van der Waals surface area contributed by atoms with E-state index < -0.39 is 11.1 Å². The van der Waals surface area contributed by atoms with Crippen molar-refractivity contribution in [3.8, 4) is 0 Å². The van der Waals surface area contributed by atoms with Crippen molar-refractivity contribution in [1.29, 1.82) is 0 Å². The van der Waals surface area contributed by atoms with Crippen molar-refractivity contribution in [2.24, 2.45) is 16.7 Å². The molecule has 18 heavy (non-hydrogen) atoms. The van der Waals surface area contributed by atoms with Crippen LogP contribution >= 0.6 is 0 Å². The van der Waals surface area contributed by atoms with Gasteiger partial charge in [-0.25, -0.2) is 4.90 Å². The number of amides is 2. The second-order valence-corrected chi connectivity index (χ2v) is 6.66. The maximum absolute atomic E-state index is 11.9. The van der Waals surface area contributed by atoms with E-state index in [-0.39, 0.29) is 17.2 Å². The Labute approximate surface area is 107 Å². The van der Waals surface area contributed by atoms with Crippen molar-refractivity contribution in [2.75, 3.05) is 0 Å². The van der Waals surface area contributed by atoms with Crippen LogP contribution in [0.5, 0.6) is 0 Å². The molecule has 1 heterocycles. The molecule has 1 aliphatic heterocycles. The molecule has 1 N–H and O–H groups in total. The van der Waals surface area contributed by atoms with E-state index in [0.29, 0.717) is 12.3 Å². The van der Waals surface area contributed by atoms with Crippen LogP contribution < -0.4 is 0 Å². The topological polar surface area (TPSA) is 57.6 Å². The van der Waals surface area contributed by atoms with Crippen LogP contribution in [0.1, 0.15) is 40.0 Å². The average molecular weight is 249 g/mol. The van der Waals surface area contributed by atoms with Crippen molar-refractivity contribution in [3.05, 3.63) is 12.2 Å². The van der Waals surface area contributed by atoms with E-state index in [4.69, 9.17) is 0 Å². The first-order valence-corrected chi connectivity index (χ1v) is 6.53. The van der Waals surface area contributed by atoms with Crippen molar-refractivity contribution in [1.82, 2.24) is 4.90 Å². The number of nitrogens with zero attached hydrogens (tertiary/aromatic N) is 1. The molecule has 0 aromatic heterocycles. The average Bonchev–Trinajstić information content (AvgIpc) is 2.76. The van der Waals surface area contributed by atoms with Crippen LogP contribution in [0.15, 0.2) is 12.2 Å². The molecular formula is C14H19NO3. The predicted octanol–water partition coefficient (Wildman–Crippen LogP) is 1.45. The fourth-order valence-electron chi connectivity index (χ4n) is 4.34. The smallest absolute Gasteiger partial charge is 0.256 e. The zero-order chi connectivity index (χ0) is 13.3. The van der Waals surface area contributed by atoms with Crippen LogP contribution in [0.2, 0.25) is 0 Å². The van der Waals surface area contributed by atoms with Gasteiger partial charge in [0, 0.05) is 17.6 Å². The molecular weight excluding hydrogens is 230 g/mol. The number of aliphatic hydroxyl groups is 1. The van der Waals surface area contributed by atoms with Gasteiger partial charge in [-0.05, 0) is 30.6 Å². The van der Waals surface area contributed by atoms with Crippen LogP contribution in [0.4, 0.5) is 0 Å². The van der Waals surface area contributed by atoms with Gasteiger partial charge >= 0.3 is 0 Å². The SMILES string of the molecule is CC1(C)[C@@H]2CC[C@@]1(C)[C@@](O)(N1C(=O)C=CC1=O)C2. The van der Waals surface area contributed by atoms with Crippen molar-refractivity contribution >= 4 is 11.8 Å². The Kier molecular flexibility index (Phi) is 2.01. The Balaban J connectivity index is 2.08. The van der Waals surface area contributed by atoms with Gasteiger partial charge in [-0.3, -0.25) is 9.59 Å². The molecule has 2 saturated carbocycles. The monoisotopic (exact) mass is 249 g/mol. The van der Waals surface area contributed by atoms with Crippen LogP contribution in [0.3, 0.4) is 0 Å². The molecule has 3 aliphatic rings. The Hall–Kier alpha value is -1.16. The number of hydrogen-bond donors (Lipinski definition) is 1. The van der Waals surface area contributed by atoms with Gasteiger partial charge in [0.2, 0.25) is 0 Å². The fraction of sp³-hybridized carbons (Fsp3) is 0.714. The first kappa shape index (κ1) is 11.9. The van der Waals surface area contributed by atoms with Gasteiger partial charge in [0.1, 0.15) is 0 Å². The lowest BCUT2D eigenvalue weighted by Crippen LogP contribution is -2.61. The van der Waals surface area contributed by atoms with Crippen LogP contribution in [-0.4, -0.2) is 27.5 Å². The van der Waals surface area contributed by atoms with Crippen LogP contribution in [0.25, 0.3) is 0 Å². The molecule has 0 saturated heterocycles. The summed E-state index contributed by atoms with van der Waals surface area (Å²) in [5.41, 5.74) is -1.79. The van der Waals surface area contributed by atoms with Crippen molar-refractivity contribution in [3.63, 3.8) is 0 Å². The van der Waals surface area contributed by atoms with Gasteiger partial charge in [0.25, 0.3) is 11.8 Å². The Morgan fingerprint density at radius 2 is 1.78 bits per heavy atom. The standard InChI is InChI=1S/C14H19NO3/c1-12(2)9-6-7-13(12,3)14(18,8-9)15-10(16)4-5-11(15)17/h4-5,9,18H,6-8H2,1-3H3/t9-,13-,14-/m1/s1. The molecule has 2 aliphatic carbocycles. The molecule has 2 bridgehead atoms. The lowest BCUT2D eigenvalue weighted by atomic mass is 9.67. The molecule has 3 atom stereocenters. The molecule has 4 heteroatoms. The van der Waals surface area contributed by atoms with Gasteiger partial charge in [0.05, 0.1) is 0 Å². The van der Waals surface area contributed by atoms with E-state index in [1.807, 2.05) is 6.92 Å². The summed E-state index contributed by atoms with van der Waals surface area (Å²) >= 11 is 0. The number of imide groups is 1. The molecule has 0 radical (unpaired) electrons. The zero-order valence-electron chi connectivity index (χ0n) is 11.1. The lowest BCUT2D eigenvalue weighted by Gasteiger charge is -2.48. The summed E-state index contributed by atoms with van der Waals surface area (Å²) in [7, 11) is 0. The van der Waals surface area contributed by atoms with Crippen molar-refractivity contribution < 1.29 is 14.7 Å². The fourth-order valence-corrected chi connectivity index (χ4v) is 4.34. The van der Waals surface area contributed by atoms with E-state index in [1.54, 1.807) is 0 Å². The number of carbonyl (C=O) groups is 2. The highest BCUT2D eigenvalue weighted by Gasteiger charge is 2.72. The summed E-state index contributed by atoms with van der Waals surface area (Å²) in [6, 6.07) is 0. The molecule has 0 spiro atoms. The van der Waals surface area contributed by atoms with Gasteiger partial charge < -0.3 is 5.11 Å². The molecule has 2 fully saturated rings. The summed E-state index contributed by atoms with van der Waals surface area (Å²) in [4.78, 5) is 24.8. The normalized spacial score (nSPS) is 45.3. The lowest BCUT2D eigenvalue weighted by molar-refractivity contribution is -0.198. The minimum atomic E-state index is -1.32. The molecule has 2 amide bonds. The second kappa shape index (κ2) is 3.05. The van der Waals surface area contributed by atoms with E-state index in [2.05, 4.69) is 13.8 Å². The molecule has 4 nitrogen and oxygen atoms in total. The maximum atomic E-state index is 11.9. The molecule has 0 aromatic rings. The third-order valence-electron chi connectivity index (χ3n) is 6.03. The summed E-state index contributed by atoms with van der Waals surface area (Å²) in [6.45, 7) is 6.29. The van der Waals surface area contributed by atoms with Crippen LogP contribution in [-0.2, 0) is 9.59 Å². The summed E-state index contributed by atoms with van der Waals surface area (Å²) in [6.07, 6.45) is 4.94. The van der Waals surface area contributed by atoms with E-state index in [0.717, 1.165) is 17.7 Å². The van der Waals surface area contributed by atoms with Crippen molar-refractivity contribution in [2.45, 2.75) is 45.8 Å². The highest BCUT2D eigenvalue weighted by Crippen LogP contribution is 2.70. The second-order valence-electron chi connectivity index (χ2n) is 6.66. The summed E-state index contributed by atoms with van der Waals surface area (Å²) in [5.74, 6) is -0.396. The Bertz CT molecular complexity index is 463. The van der Waals surface area contributed by atoms with E-state index >= 15 is 0 Å². The Morgan fingerprint density at radius 3 is 2.17 bits per heavy atom. The molecule has 0 aromatic carbocycles. The minimum absolute atomic E-state index is 0.0507. The van der Waals surface area contributed by atoms with Gasteiger partial charge in [-0.15, -0.1) is 0 Å². The third-order valence-corrected chi connectivity index (χ3v) is 6.03. The summed E-state index contributed by atoms with van der Waals surface area (Å²) in [5, 5.41) is 11.1. The summed E-state index contributed by atoms with van der Waals surface area (Å²) < 4.78 is 0. The predicted molar refractivity (Wildman–Crippen MR) is 65.2 cm³/mol. The first-order chi connectivity index (χ1) is 8.24.